The Hall–Kier alpha value is -0.820. The first-order chi connectivity index (χ1) is 8.66. The van der Waals surface area contributed by atoms with Crippen LogP contribution in [0, 0.1) is 12.8 Å². The van der Waals surface area contributed by atoms with Crippen molar-refractivity contribution in [3.05, 3.63) is 35.4 Å². The fourth-order valence-corrected chi connectivity index (χ4v) is 3.16. The van der Waals surface area contributed by atoms with Crippen LogP contribution in [0.2, 0.25) is 0 Å². The summed E-state index contributed by atoms with van der Waals surface area (Å²) in [5.74, 6) is 0.845. The van der Waals surface area contributed by atoms with Crippen LogP contribution >= 0.6 is 0 Å². The standard InChI is InChI=1S/C17H27N/c1-13-8-4-6-10-16(13)12-15(3)18-17-11-7-5-9-14(17)2/h4,6,8,10,14-15,17-18H,5,7,9,11-12H2,1-3H3. The molecule has 0 aromatic heterocycles. The second-order valence-electron chi connectivity index (χ2n) is 6.07. The molecule has 2 rings (SSSR count). The summed E-state index contributed by atoms with van der Waals surface area (Å²) < 4.78 is 0. The zero-order valence-corrected chi connectivity index (χ0v) is 12.1. The molecule has 1 aromatic carbocycles. The Labute approximate surface area is 112 Å². The van der Waals surface area contributed by atoms with Gasteiger partial charge < -0.3 is 5.32 Å². The second kappa shape index (κ2) is 6.38. The molecule has 1 nitrogen and oxygen atoms in total. The highest BCUT2D eigenvalue weighted by atomic mass is 14.9. The first-order valence-electron chi connectivity index (χ1n) is 7.47. The summed E-state index contributed by atoms with van der Waals surface area (Å²) in [4.78, 5) is 0. The number of aryl methyl sites for hydroxylation is 1. The van der Waals surface area contributed by atoms with Crippen molar-refractivity contribution in [3.63, 3.8) is 0 Å². The minimum absolute atomic E-state index is 0.580. The van der Waals surface area contributed by atoms with Gasteiger partial charge in [0.1, 0.15) is 0 Å². The molecule has 1 aliphatic carbocycles. The van der Waals surface area contributed by atoms with Crippen molar-refractivity contribution in [1.82, 2.24) is 5.32 Å². The number of hydrogen-bond donors (Lipinski definition) is 1. The molecule has 3 atom stereocenters. The summed E-state index contributed by atoms with van der Waals surface area (Å²) in [5, 5.41) is 3.84. The van der Waals surface area contributed by atoms with Crippen molar-refractivity contribution in [2.75, 3.05) is 0 Å². The largest absolute Gasteiger partial charge is 0.311 e. The van der Waals surface area contributed by atoms with E-state index in [9.17, 15) is 0 Å². The second-order valence-corrected chi connectivity index (χ2v) is 6.07. The van der Waals surface area contributed by atoms with Crippen molar-refractivity contribution in [1.29, 1.82) is 0 Å². The molecule has 1 heteroatoms. The maximum Gasteiger partial charge on any atom is 0.00952 e. The zero-order chi connectivity index (χ0) is 13.0. The maximum atomic E-state index is 3.84. The lowest BCUT2D eigenvalue weighted by atomic mass is 9.85. The maximum absolute atomic E-state index is 3.84. The van der Waals surface area contributed by atoms with Crippen molar-refractivity contribution in [2.24, 2.45) is 5.92 Å². The Kier molecular flexibility index (Phi) is 4.82. The molecule has 0 bridgehead atoms. The van der Waals surface area contributed by atoms with Crippen molar-refractivity contribution < 1.29 is 0 Å². The van der Waals surface area contributed by atoms with E-state index in [4.69, 9.17) is 0 Å². The fourth-order valence-electron chi connectivity index (χ4n) is 3.16. The molecule has 3 unspecified atom stereocenters. The summed E-state index contributed by atoms with van der Waals surface area (Å²) in [5.41, 5.74) is 2.91. The summed E-state index contributed by atoms with van der Waals surface area (Å²) in [6, 6.07) is 10.1. The van der Waals surface area contributed by atoms with Crippen molar-refractivity contribution in [3.8, 4) is 0 Å². The van der Waals surface area contributed by atoms with Gasteiger partial charge in [0.2, 0.25) is 0 Å². The van der Waals surface area contributed by atoms with E-state index in [-0.39, 0.29) is 0 Å². The lowest BCUT2D eigenvalue weighted by molar-refractivity contribution is 0.262. The first-order valence-corrected chi connectivity index (χ1v) is 7.47. The molecule has 1 N–H and O–H groups in total. The molecule has 1 aliphatic rings. The topological polar surface area (TPSA) is 12.0 Å². The predicted molar refractivity (Wildman–Crippen MR) is 78.9 cm³/mol. The Morgan fingerprint density at radius 2 is 1.94 bits per heavy atom. The molecule has 1 aromatic rings. The van der Waals surface area contributed by atoms with Gasteiger partial charge in [-0.1, -0.05) is 44.0 Å². The molecule has 0 amide bonds. The first kappa shape index (κ1) is 13.6. The van der Waals surface area contributed by atoms with E-state index in [2.05, 4.69) is 50.4 Å². The lowest BCUT2D eigenvalue weighted by Crippen LogP contribution is -2.43. The van der Waals surface area contributed by atoms with E-state index >= 15 is 0 Å². The van der Waals surface area contributed by atoms with Gasteiger partial charge in [-0.05, 0) is 50.2 Å². The minimum Gasteiger partial charge on any atom is -0.311 e. The van der Waals surface area contributed by atoms with Crippen LogP contribution in [-0.2, 0) is 6.42 Å². The number of rotatable bonds is 4. The Morgan fingerprint density at radius 3 is 2.67 bits per heavy atom. The normalized spacial score (nSPS) is 25.9. The number of nitrogens with one attached hydrogen (secondary N) is 1. The monoisotopic (exact) mass is 245 g/mol. The van der Waals surface area contributed by atoms with Gasteiger partial charge in [-0.3, -0.25) is 0 Å². The Bertz CT molecular complexity index is 372. The average molecular weight is 245 g/mol. The average Bonchev–Trinajstić information content (AvgIpc) is 2.35. The van der Waals surface area contributed by atoms with Crippen LogP contribution in [-0.4, -0.2) is 12.1 Å². The van der Waals surface area contributed by atoms with E-state index in [0.717, 1.165) is 18.4 Å². The third kappa shape index (κ3) is 3.58. The van der Waals surface area contributed by atoms with Gasteiger partial charge in [-0.2, -0.15) is 0 Å². The summed E-state index contributed by atoms with van der Waals surface area (Å²) in [7, 11) is 0. The van der Waals surface area contributed by atoms with Crippen LogP contribution in [0.15, 0.2) is 24.3 Å². The molecular weight excluding hydrogens is 218 g/mol. The van der Waals surface area contributed by atoms with E-state index in [1.807, 2.05) is 0 Å². The molecular formula is C17H27N. The third-order valence-corrected chi connectivity index (χ3v) is 4.40. The quantitative estimate of drug-likeness (QED) is 0.842. The highest BCUT2D eigenvalue weighted by molar-refractivity contribution is 5.26. The van der Waals surface area contributed by atoms with Crippen LogP contribution in [0.25, 0.3) is 0 Å². The van der Waals surface area contributed by atoms with Gasteiger partial charge in [0.25, 0.3) is 0 Å². The third-order valence-electron chi connectivity index (χ3n) is 4.40. The molecule has 0 radical (unpaired) electrons. The van der Waals surface area contributed by atoms with E-state index < -0.39 is 0 Å². The molecule has 0 spiro atoms. The van der Waals surface area contributed by atoms with E-state index in [0.29, 0.717) is 6.04 Å². The van der Waals surface area contributed by atoms with Gasteiger partial charge in [0.05, 0.1) is 0 Å². The van der Waals surface area contributed by atoms with Gasteiger partial charge in [0, 0.05) is 12.1 Å². The summed E-state index contributed by atoms with van der Waals surface area (Å²) in [6.45, 7) is 6.94. The van der Waals surface area contributed by atoms with E-state index in [1.54, 1.807) is 0 Å². The number of benzene rings is 1. The van der Waals surface area contributed by atoms with Crippen LogP contribution in [0.4, 0.5) is 0 Å². The molecule has 1 saturated carbocycles. The molecule has 1 fully saturated rings. The highest BCUT2D eigenvalue weighted by Gasteiger charge is 2.22. The van der Waals surface area contributed by atoms with Crippen LogP contribution in [0.3, 0.4) is 0 Å². The lowest BCUT2D eigenvalue weighted by Gasteiger charge is -2.32. The molecule has 18 heavy (non-hydrogen) atoms. The van der Waals surface area contributed by atoms with Gasteiger partial charge >= 0.3 is 0 Å². The van der Waals surface area contributed by atoms with Crippen molar-refractivity contribution in [2.45, 2.75) is 65.0 Å². The van der Waals surface area contributed by atoms with Gasteiger partial charge in [-0.15, -0.1) is 0 Å². The highest BCUT2D eigenvalue weighted by Crippen LogP contribution is 2.24. The molecule has 100 valence electrons. The molecule has 0 aliphatic heterocycles. The summed E-state index contributed by atoms with van der Waals surface area (Å²) in [6.07, 6.45) is 6.73. The summed E-state index contributed by atoms with van der Waals surface area (Å²) >= 11 is 0. The smallest absolute Gasteiger partial charge is 0.00952 e. The van der Waals surface area contributed by atoms with Crippen LogP contribution < -0.4 is 5.32 Å². The Balaban J connectivity index is 1.88. The van der Waals surface area contributed by atoms with Crippen LogP contribution in [0.1, 0.15) is 50.7 Å². The van der Waals surface area contributed by atoms with Gasteiger partial charge in [0.15, 0.2) is 0 Å². The van der Waals surface area contributed by atoms with Crippen molar-refractivity contribution >= 4 is 0 Å². The Morgan fingerprint density at radius 1 is 1.22 bits per heavy atom. The SMILES string of the molecule is Cc1ccccc1CC(C)NC1CCCCC1C. The molecule has 0 saturated heterocycles. The van der Waals surface area contributed by atoms with E-state index in [1.165, 1.54) is 36.8 Å². The minimum atomic E-state index is 0.580. The molecule has 0 heterocycles. The van der Waals surface area contributed by atoms with Crippen LogP contribution in [0.5, 0.6) is 0 Å². The number of hydrogen-bond acceptors (Lipinski definition) is 1. The van der Waals surface area contributed by atoms with Gasteiger partial charge in [-0.25, -0.2) is 0 Å². The zero-order valence-electron chi connectivity index (χ0n) is 12.1. The fraction of sp³-hybridized carbons (Fsp3) is 0.647. The predicted octanol–water partition coefficient (Wildman–Crippen LogP) is 4.09.